The molecule has 1 heterocycles. The summed E-state index contributed by atoms with van der Waals surface area (Å²) in [6.07, 6.45) is 2.37. The average Bonchev–Trinajstić information content (AvgIpc) is 2.46. The van der Waals surface area contributed by atoms with E-state index in [2.05, 4.69) is 35.9 Å². The van der Waals surface area contributed by atoms with Crippen LogP contribution in [0.15, 0.2) is 36.7 Å². The molecule has 0 aliphatic heterocycles. The number of hydrogen-bond donors (Lipinski definition) is 1. The van der Waals surface area contributed by atoms with Crippen molar-refractivity contribution in [2.24, 2.45) is 0 Å². The number of nitrogens with zero attached hydrogens (tertiary/aromatic N) is 2. The maximum Gasteiger partial charge on any atom is 0.354 e. The molecule has 1 atom stereocenters. The molecule has 4 nitrogen and oxygen atoms in total. The van der Waals surface area contributed by atoms with Crippen molar-refractivity contribution in [1.29, 1.82) is 0 Å². The number of carboxylic acids is 1. The van der Waals surface area contributed by atoms with E-state index in [1.165, 1.54) is 18.0 Å². The predicted molar refractivity (Wildman–Crippen MR) is 73.1 cm³/mol. The summed E-state index contributed by atoms with van der Waals surface area (Å²) >= 11 is 0. The Kier molecular flexibility index (Phi) is 3.90. The molecule has 0 aliphatic carbocycles. The van der Waals surface area contributed by atoms with Gasteiger partial charge in [-0.25, -0.2) is 14.8 Å². The quantitative estimate of drug-likeness (QED) is 0.911. The number of aromatic carboxylic acids is 1. The summed E-state index contributed by atoms with van der Waals surface area (Å²) < 4.78 is 0. The zero-order chi connectivity index (χ0) is 13.8. The third-order valence-electron chi connectivity index (χ3n) is 3.27. The van der Waals surface area contributed by atoms with E-state index in [9.17, 15) is 4.79 Å². The molecule has 0 bridgehead atoms. The van der Waals surface area contributed by atoms with Gasteiger partial charge in [-0.3, -0.25) is 0 Å². The van der Waals surface area contributed by atoms with Gasteiger partial charge in [0.25, 0.3) is 0 Å². The normalized spacial score (nSPS) is 12.1. The molecule has 19 heavy (non-hydrogen) atoms. The fraction of sp³-hybridized carbons (Fsp3) is 0.267. The smallest absolute Gasteiger partial charge is 0.354 e. The summed E-state index contributed by atoms with van der Waals surface area (Å²) in [7, 11) is 0. The molecule has 0 saturated carbocycles. The van der Waals surface area contributed by atoms with Crippen LogP contribution in [-0.4, -0.2) is 21.0 Å². The van der Waals surface area contributed by atoms with E-state index in [1.807, 2.05) is 12.1 Å². The van der Waals surface area contributed by atoms with Crippen molar-refractivity contribution in [3.05, 3.63) is 47.9 Å². The van der Waals surface area contributed by atoms with Gasteiger partial charge in [0.2, 0.25) is 0 Å². The van der Waals surface area contributed by atoms with Crippen LogP contribution < -0.4 is 0 Å². The SMILES string of the molecule is CCC(C)c1ccc(-c2cc(C(=O)O)ncn2)cc1. The summed E-state index contributed by atoms with van der Waals surface area (Å²) in [6.45, 7) is 4.34. The fourth-order valence-electron chi connectivity index (χ4n) is 1.85. The summed E-state index contributed by atoms with van der Waals surface area (Å²) in [5, 5.41) is 8.91. The summed E-state index contributed by atoms with van der Waals surface area (Å²) in [6, 6.07) is 9.55. The highest BCUT2D eigenvalue weighted by Crippen LogP contribution is 2.23. The Labute approximate surface area is 112 Å². The van der Waals surface area contributed by atoms with Crippen molar-refractivity contribution in [3.63, 3.8) is 0 Å². The van der Waals surface area contributed by atoms with Gasteiger partial charge >= 0.3 is 5.97 Å². The zero-order valence-corrected chi connectivity index (χ0v) is 11.0. The van der Waals surface area contributed by atoms with Gasteiger partial charge < -0.3 is 5.11 Å². The van der Waals surface area contributed by atoms with Crippen LogP contribution in [0.25, 0.3) is 11.3 Å². The lowest BCUT2D eigenvalue weighted by atomic mass is 9.97. The molecule has 0 aliphatic rings. The number of carboxylic acid groups (broad SMARTS) is 1. The van der Waals surface area contributed by atoms with Gasteiger partial charge in [-0.15, -0.1) is 0 Å². The largest absolute Gasteiger partial charge is 0.477 e. The number of rotatable bonds is 4. The van der Waals surface area contributed by atoms with Crippen molar-refractivity contribution in [2.45, 2.75) is 26.2 Å². The minimum Gasteiger partial charge on any atom is -0.477 e. The van der Waals surface area contributed by atoms with Gasteiger partial charge in [0, 0.05) is 5.56 Å². The molecule has 0 fully saturated rings. The molecule has 4 heteroatoms. The van der Waals surface area contributed by atoms with E-state index in [1.54, 1.807) is 0 Å². The van der Waals surface area contributed by atoms with Gasteiger partial charge in [0.1, 0.15) is 6.33 Å². The Balaban J connectivity index is 2.32. The Morgan fingerprint density at radius 2 is 1.95 bits per heavy atom. The molecule has 2 rings (SSSR count). The molecule has 1 aromatic carbocycles. The lowest BCUT2D eigenvalue weighted by Crippen LogP contribution is -2.01. The summed E-state index contributed by atoms with van der Waals surface area (Å²) in [5.41, 5.74) is 2.81. The molecule has 1 aromatic heterocycles. The van der Waals surface area contributed by atoms with Crippen molar-refractivity contribution in [1.82, 2.24) is 9.97 Å². The van der Waals surface area contributed by atoms with E-state index in [-0.39, 0.29) is 5.69 Å². The van der Waals surface area contributed by atoms with Crippen molar-refractivity contribution in [2.75, 3.05) is 0 Å². The van der Waals surface area contributed by atoms with Crippen molar-refractivity contribution < 1.29 is 9.90 Å². The van der Waals surface area contributed by atoms with Crippen LogP contribution in [0.3, 0.4) is 0 Å². The van der Waals surface area contributed by atoms with E-state index >= 15 is 0 Å². The Bertz CT molecular complexity index is 579. The van der Waals surface area contributed by atoms with Crippen LogP contribution >= 0.6 is 0 Å². The molecule has 2 aromatic rings. The number of aromatic nitrogens is 2. The fourth-order valence-corrected chi connectivity index (χ4v) is 1.85. The van der Waals surface area contributed by atoms with Gasteiger partial charge in [-0.05, 0) is 24.0 Å². The van der Waals surface area contributed by atoms with Crippen LogP contribution in [0.5, 0.6) is 0 Å². The van der Waals surface area contributed by atoms with Crippen LogP contribution in [0, 0.1) is 0 Å². The highest BCUT2D eigenvalue weighted by molar-refractivity contribution is 5.86. The maximum absolute atomic E-state index is 10.9. The first-order valence-electron chi connectivity index (χ1n) is 6.27. The van der Waals surface area contributed by atoms with Gasteiger partial charge in [0.05, 0.1) is 5.69 Å². The van der Waals surface area contributed by atoms with Gasteiger partial charge in [-0.1, -0.05) is 38.1 Å². The second-order valence-electron chi connectivity index (χ2n) is 4.52. The highest BCUT2D eigenvalue weighted by atomic mass is 16.4. The zero-order valence-electron chi connectivity index (χ0n) is 11.0. The minimum atomic E-state index is -1.04. The first kappa shape index (κ1) is 13.2. The number of benzene rings is 1. The monoisotopic (exact) mass is 256 g/mol. The molecule has 0 amide bonds. The molecule has 1 unspecified atom stereocenters. The Morgan fingerprint density at radius 1 is 1.26 bits per heavy atom. The van der Waals surface area contributed by atoms with E-state index in [0.717, 1.165) is 12.0 Å². The van der Waals surface area contributed by atoms with E-state index in [0.29, 0.717) is 11.6 Å². The number of hydrogen-bond acceptors (Lipinski definition) is 3. The lowest BCUT2D eigenvalue weighted by molar-refractivity contribution is 0.0690. The Morgan fingerprint density at radius 3 is 2.53 bits per heavy atom. The predicted octanol–water partition coefficient (Wildman–Crippen LogP) is 3.36. The van der Waals surface area contributed by atoms with E-state index < -0.39 is 5.97 Å². The second kappa shape index (κ2) is 5.61. The molecular weight excluding hydrogens is 240 g/mol. The molecular formula is C15H16N2O2. The Hall–Kier alpha value is -2.23. The second-order valence-corrected chi connectivity index (χ2v) is 4.52. The van der Waals surface area contributed by atoms with Crippen molar-refractivity contribution in [3.8, 4) is 11.3 Å². The first-order valence-corrected chi connectivity index (χ1v) is 6.27. The molecule has 0 radical (unpaired) electrons. The minimum absolute atomic E-state index is 0.0102. The van der Waals surface area contributed by atoms with Crippen LogP contribution in [0.4, 0.5) is 0 Å². The topological polar surface area (TPSA) is 63.1 Å². The van der Waals surface area contributed by atoms with Gasteiger partial charge in [-0.2, -0.15) is 0 Å². The standard InChI is InChI=1S/C15H16N2O2/c1-3-10(2)11-4-6-12(7-5-11)13-8-14(15(18)19)17-9-16-13/h4-10H,3H2,1-2H3,(H,18,19). The third-order valence-corrected chi connectivity index (χ3v) is 3.27. The average molecular weight is 256 g/mol. The summed E-state index contributed by atoms with van der Waals surface area (Å²) in [4.78, 5) is 18.7. The van der Waals surface area contributed by atoms with Crippen LogP contribution in [0.2, 0.25) is 0 Å². The molecule has 0 saturated heterocycles. The van der Waals surface area contributed by atoms with Crippen LogP contribution in [-0.2, 0) is 0 Å². The highest BCUT2D eigenvalue weighted by Gasteiger charge is 2.08. The van der Waals surface area contributed by atoms with Crippen LogP contribution in [0.1, 0.15) is 42.2 Å². The number of carbonyl (C=O) groups is 1. The van der Waals surface area contributed by atoms with E-state index in [4.69, 9.17) is 5.11 Å². The lowest BCUT2D eigenvalue weighted by Gasteiger charge is -2.09. The van der Waals surface area contributed by atoms with Gasteiger partial charge in [0.15, 0.2) is 5.69 Å². The van der Waals surface area contributed by atoms with Crippen molar-refractivity contribution >= 4 is 5.97 Å². The molecule has 1 N–H and O–H groups in total. The maximum atomic E-state index is 10.9. The summed E-state index contributed by atoms with van der Waals surface area (Å²) in [5.74, 6) is -0.520. The molecule has 98 valence electrons. The third kappa shape index (κ3) is 2.96. The molecule has 0 spiro atoms. The first-order chi connectivity index (χ1) is 9.11.